The molecule has 1 N–H and O–H groups in total. The number of hydrogen-bond acceptors (Lipinski definition) is 4. The van der Waals surface area contributed by atoms with Crippen molar-refractivity contribution in [3.05, 3.63) is 100 Å². The van der Waals surface area contributed by atoms with Gasteiger partial charge in [-0.3, -0.25) is 14.2 Å². The van der Waals surface area contributed by atoms with Crippen molar-refractivity contribution in [2.24, 2.45) is 0 Å². The minimum Gasteiger partial charge on any atom is -0.378 e. The monoisotopic (exact) mass is 412 g/mol. The van der Waals surface area contributed by atoms with Crippen molar-refractivity contribution in [3.8, 4) is 5.69 Å². The molecule has 1 aromatic heterocycles. The molecule has 4 rings (SSSR count). The third-order valence-corrected chi connectivity index (χ3v) is 5.21. The highest BCUT2D eigenvalue weighted by Gasteiger charge is 2.11. The molecule has 1 amide bonds. The third kappa shape index (κ3) is 4.19. The summed E-state index contributed by atoms with van der Waals surface area (Å²) in [4.78, 5) is 32.1. The van der Waals surface area contributed by atoms with Crippen LogP contribution in [0.1, 0.15) is 21.7 Å². The number of carbonyl (C=O) groups is 1. The first kappa shape index (κ1) is 20.3. The number of hydrogen-bond donors (Lipinski definition) is 1. The van der Waals surface area contributed by atoms with Crippen LogP contribution in [0.25, 0.3) is 16.6 Å². The first-order valence-corrected chi connectivity index (χ1v) is 10.1. The number of benzene rings is 3. The van der Waals surface area contributed by atoms with Crippen LogP contribution in [0.3, 0.4) is 0 Å². The van der Waals surface area contributed by atoms with E-state index >= 15 is 0 Å². The molecule has 1 heterocycles. The normalized spacial score (nSPS) is 10.8. The molecule has 6 nitrogen and oxygen atoms in total. The molecule has 0 aliphatic heterocycles. The summed E-state index contributed by atoms with van der Waals surface area (Å²) < 4.78 is 1.57. The molecule has 0 saturated heterocycles. The Bertz CT molecular complexity index is 1310. The lowest BCUT2D eigenvalue weighted by atomic mass is 10.1. The SMILES string of the molecule is Cc1nc2ccccc2c(=O)n1-c1ccc(C(=O)NCc2cccc(N(C)C)c2)cc1. The Balaban J connectivity index is 1.53. The molecule has 0 aliphatic carbocycles. The molecule has 0 spiro atoms. The van der Waals surface area contributed by atoms with Gasteiger partial charge in [-0.2, -0.15) is 0 Å². The molecular formula is C25H24N4O2. The zero-order chi connectivity index (χ0) is 22.0. The van der Waals surface area contributed by atoms with E-state index in [9.17, 15) is 9.59 Å². The number of amides is 1. The number of nitrogens with one attached hydrogen (secondary N) is 1. The van der Waals surface area contributed by atoms with E-state index in [1.807, 2.05) is 61.5 Å². The fraction of sp³-hybridized carbons (Fsp3) is 0.160. The Labute approximate surface area is 180 Å². The minimum absolute atomic E-state index is 0.124. The van der Waals surface area contributed by atoms with Crippen LogP contribution in [-0.4, -0.2) is 29.6 Å². The molecule has 0 radical (unpaired) electrons. The van der Waals surface area contributed by atoms with E-state index < -0.39 is 0 Å². The third-order valence-electron chi connectivity index (χ3n) is 5.21. The summed E-state index contributed by atoms with van der Waals surface area (Å²) >= 11 is 0. The summed E-state index contributed by atoms with van der Waals surface area (Å²) in [6.45, 7) is 2.24. The van der Waals surface area contributed by atoms with Crippen molar-refractivity contribution in [1.82, 2.24) is 14.9 Å². The van der Waals surface area contributed by atoms with Crippen LogP contribution in [0.4, 0.5) is 5.69 Å². The topological polar surface area (TPSA) is 67.2 Å². The molecule has 0 atom stereocenters. The van der Waals surface area contributed by atoms with Gasteiger partial charge in [-0.25, -0.2) is 4.98 Å². The van der Waals surface area contributed by atoms with Gasteiger partial charge in [0.25, 0.3) is 11.5 Å². The molecule has 4 aromatic rings. The molecule has 0 bridgehead atoms. The molecular weight excluding hydrogens is 388 g/mol. The van der Waals surface area contributed by atoms with Gasteiger partial charge in [0, 0.05) is 31.9 Å². The molecule has 31 heavy (non-hydrogen) atoms. The summed E-state index contributed by atoms with van der Waals surface area (Å²) in [6, 6.07) is 22.3. The second-order valence-corrected chi connectivity index (χ2v) is 7.61. The van der Waals surface area contributed by atoms with Gasteiger partial charge in [-0.05, 0) is 61.0 Å². The number of carbonyl (C=O) groups excluding carboxylic acids is 1. The Morgan fingerprint density at radius 1 is 1.00 bits per heavy atom. The molecule has 3 aromatic carbocycles. The lowest BCUT2D eigenvalue weighted by Gasteiger charge is -2.14. The van der Waals surface area contributed by atoms with E-state index in [1.165, 1.54) is 0 Å². The number of rotatable bonds is 5. The van der Waals surface area contributed by atoms with Crippen LogP contribution < -0.4 is 15.8 Å². The molecule has 0 unspecified atom stereocenters. The maximum Gasteiger partial charge on any atom is 0.265 e. The standard InChI is InChI=1S/C25H24N4O2/c1-17-27-23-10-5-4-9-22(23)25(31)29(17)20-13-11-19(12-14-20)24(30)26-16-18-7-6-8-21(15-18)28(2)3/h4-15H,16H2,1-3H3,(H,26,30). The van der Waals surface area contributed by atoms with E-state index in [1.54, 1.807) is 41.8 Å². The van der Waals surface area contributed by atoms with Crippen LogP contribution in [0, 0.1) is 6.92 Å². The Morgan fingerprint density at radius 2 is 1.74 bits per heavy atom. The highest BCUT2D eigenvalue weighted by molar-refractivity contribution is 5.94. The second-order valence-electron chi connectivity index (χ2n) is 7.61. The van der Waals surface area contributed by atoms with Crippen LogP contribution >= 0.6 is 0 Å². The number of nitrogens with zero attached hydrogens (tertiary/aromatic N) is 3. The second kappa shape index (κ2) is 8.44. The van der Waals surface area contributed by atoms with Crippen LogP contribution in [0.15, 0.2) is 77.6 Å². The number of aryl methyl sites for hydroxylation is 1. The molecule has 156 valence electrons. The van der Waals surface area contributed by atoms with Gasteiger partial charge in [0.1, 0.15) is 5.82 Å². The number of anilines is 1. The smallest absolute Gasteiger partial charge is 0.265 e. The summed E-state index contributed by atoms with van der Waals surface area (Å²) in [6.07, 6.45) is 0. The van der Waals surface area contributed by atoms with Gasteiger partial charge in [0.05, 0.1) is 16.6 Å². The number of para-hydroxylation sites is 1. The van der Waals surface area contributed by atoms with E-state index in [0.29, 0.717) is 34.5 Å². The average molecular weight is 412 g/mol. The van der Waals surface area contributed by atoms with Crippen LogP contribution in [0.5, 0.6) is 0 Å². The Kier molecular flexibility index (Phi) is 5.54. The quantitative estimate of drug-likeness (QED) is 0.543. The lowest BCUT2D eigenvalue weighted by Crippen LogP contribution is -2.24. The van der Waals surface area contributed by atoms with Crippen LogP contribution in [-0.2, 0) is 6.54 Å². The first-order valence-electron chi connectivity index (χ1n) is 10.1. The minimum atomic E-state index is -0.164. The molecule has 6 heteroatoms. The van der Waals surface area contributed by atoms with Gasteiger partial charge < -0.3 is 10.2 Å². The maximum atomic E-state index is 12.9. The van der Waals surface area contributed by atoms with Gasteiger partial charge in [0.2, 0.25) is 0 Å². The highest BCUT2D eigenvalue weighted by atomic mass is 16.1. The highest BCUT2D eigenvalue weighted by Crippen LogP contribution is 2.15. The van der Waals surface area contributed by atoms with E-state index in [0.717, 1.165) is 11.3 Å². The van der Waals surface area contributed by atoms with Crippen LogP contribution in [0.2, 0.25) is 0 Å². The Hall–Kier alpha value is -3.93. The molecule has 0 aliphatic rings. The van der Waals surface area contributed by atoms with Gasteiger partial charge >= 0.3 is 0 Å². The van der Waals surface area contributed by atoms with Gasteiger partial charge in [0.15, 0.2) is 0 Å². The first-order chi connectivity index (χ1) is 14.9. The summed E-state index contributed by atoms with van der Waals surface area (Å²) in [7, 11) is 3.97. The summed E-state index contributed by atoms with van der Waals surface area (Å²) in [5.74, 6) is 0.434. The van der Waals surface area contributed by atoms with Gasteiger partial charge in [-0.15, -0.1) is 0 Å². The lowest BCUT2D eigenvalue weighted by molar-refractivity contribution is 0.0951. The number of aromatic nitrogens is 2. The van der Waals surface area contributed by atoms with Crippen molar-refractivity contribution >= 4 is 22.5 Å². The van der Waals surface area contributed by atoms with Gasteiger partial charge in [-0.1, -0.05) is 24.3 Å². The summed E-state index contributed by atoms with van der Waals surface area (Å²) in [5, 5.41) is 3.51. The predicted molar refractivity (Wildman–Crippen MR) is 124 cm³/mol. The predicted octanol–water partition coefficient (Wildman–Crippen LogP) is 3.69. The molecule has 0 fully saturated rings. The summed E-state index contributed by atoms with van der Waals surface area (Å²) in [5.41, 5.74) is 3.88. The Morgan fingerprint density at radius 3 is 2.48 bits per heavy atom. The fourth-order valence-electron chi connectivity index (χ4n) is 3.54. The number of fused-ring (bicyclic) bond motifs is 1. The average Bonchev–Trinajstić information content (AvgIpc) is 2.78. The maximum absolute atomic E-state index is 12.9. The largest absolute Gasteiger partial charge is 0.378 e. The fourth-order valence-corrected chi connectivity index (χ4v) is 3.54. The molecule has 0 saturated carbocycles. The van der Waals surface area contributed by atoms with Crippen molar-refractivity contribution in [2.45, 2.75) is 13.5 Å². The van der Waals surface area contributed by atoms with E-state index in [-0.39, 0.29) is 11.5 Å². The van der Waals surface area contributed by atoms with Crippen molar-refractivity contribution < 1.29 is 4.79 Å². The zero-order valence-electron chi connectivity index (χ0n) is 17.8. The van der Waals surface area contributed by atoms with Crippen molar-refractivity contribution in [2.75, 3.05) is 19.0 Å². The van der Waals surface area contributed by atoms with Crippen molar-refractivity contribution in [3.63, 3.8) is 0 Å². The van der Waals surface area contributed by atoms with Crippen molar-refractivity contribution in [1.29, 1.82) is 0 Å². The van der Waals surface area contributed by atoms with E-state index in [2.05, 4.69) is 10.3 Å². The zero-order valence-corrected chi connectivity index (χ0v) is 17.8. The van der Waals surface area contributed by atoms with E-state index in [4.69, 9.17) is 0 Å².